The molecule has 0 saturated carbocycles. The van der Waals surface area contributed by atoms with Crippen LogP contribution in [0, 0.1) is 0 Å². The van der Waals surface area contributed by atoms with Gasteiger partial charge in [0.1, 0.15) is 11.6 Å². The van der Waals surface area contributed by atoms with Crippen LogP contribution in [-0.2, 0) is 13.0 Å². The van der Waals surface area contributed by atoms with Crippen LogP contribution in [0.1, 0.15) is 18.7 Å². The Hall–Kier alpha value is -1.43. The summed E-state index contributed by atoms with van der Waals surface area (Å²) in [7, 11) is 0. The standard InChI is InChI=1S/C14H14F2N2O.BrH/c15-14(16)19-11-6-4-10(5-7-11)12-9-18-8-2-1-3-13(18)17-12;/h4-7,9,14H,1-3,8H2;1H. The number of imidazole rings is 1. The minimum atomic E-state index is -2.79. The number of hydrogen-bond acceptors (Lipinski definition) is 2. The second kappa shape index (κ2) is 6.35. The molecule has 0 N–H and O–H groups in total. The molecule has 0 amide bonds. The molecule has 1 aromatic heterocycles. The molecule has 1 aliphatic rings. The summed E-state index contributed by atoms with van der Waals surface area (Å²) < 4.78 is 30.6. The maximum Gasteiger partial charge on any atom is 0.387 e. The Morgan fingerprint density at radius 3 is 2.55 bits per heavy atom. The van der Waals surface area contributed by atoms with E-state index in [0.717, 1.165) is 30.0 Å². The van der Waals surface area contributed by atoms with E-state index < -0.39 is 6.61 Å². The third kappa shape index (κ3) is 3.17. The maximum atomic E-state index is 12.1. The third-order valence-electron chi connectivity index (χ3n) is 3.28. The van der Waals surface area contributed by atoms with Crippen molar-refractivity contribution < 1.29 is 13.5 Å². The zero-order valence-corrected chi connectivity index (χ0v) is 12.5. The van der Waals surface area contributed by atoms with Gasteiger partial charge < -0.3 is 9.30 Å². The lowest BCUT2D eigenvalue weighted by Crippen LogP contribution is -2.08. The Balaban J connectivity index is 0.00000147. The average Bonchev–Trinajstić information content (AvgIpc) is 2.82. The predicted octanol–water partition coefficient (Wildman–Crippen LogP) is 4.07. The summed E-state index contributed by atoms with van der Waals surface area (Å²) in [6.07, 6.45) is 5.39. The molecule has 2 heterocycles. The summed E-state index contributed by atoms with van der Waals surface area (Å²) in [5.74, 6) is 1.27. The van der Waals surface area contributed by atoms with Crippen molar-refractivity contribution in [3.63, 3.8) is 0 Å². The molecule has 6 heteroatoms. The van der Waals surface area contributed by atoms with Crippen LogP contribution in [0.5, 0.6) is 5.75 Å². The average molecular weight is 345 g/mol. The molecule has 1 aromatic carbocycles. The van der Waals surface area contributed by atoms with Crippen molar-refractivity contribution in [3.05, 3.63) is 36.3 Å². The van der Waals surface area contributed by atoms with Crippen LogP contribution in [0.4, 0.5) is 8.78 Å². The zero-order valence-electron chi connectivity index (χ0n) is 10.8. The van der Waals surface area contributed by atoms with Crippen LogP contribution in [-0.4, -0.2) is 16.2 Å². The van der Waals surface area contributed by atoms with Gasteiger partial charge in [0, 0.05) is 24.7 Å². The molecule has 0 aliphatic carbocycles. The molecular weight excluding hydrogens is 330 g/mol. The number of rotatable bonds is 3. The van der Waals surface area contributed by atoms with Crippen LogP contribution in [0.25, 0.3) is 11.3 Å². The number of fused-ring (bicyclic) bond motifs is 1. The molecule has 108 valence electrons. The molecule has 0 atom stereocenters. The number of hydrogen-bond donors (Lipinski definition) is 0. The fraction of sp³-hybridized carbons (Fsp3) is 0.357. The van der Waals surface area contributed by atoms with Gasteiger partial charge in [-0.15, -0.1) is 17.0 Å². The minimum absolute atomic E-state index is 0. The number of ether oxygens (including phenoxy) is 1. The third-order valence-corrected chi connectivity index (χ3v) is 3.28. The zero-order chi connectivity index (χ0) is 13.2. The highest BCUT2D eigenvalue weighted by Gasteiger charge is 2.13. The van der Waals surface area contributed by atoms with Crippen LogP contribution < -0.4 is 4.74 Å². The molecule has 0 fully saturated rings. The Labute approximate surface area is 126 Å². The quantitative estimate of drug-likeness (QED) is 0.839. The van der Waals surface area contributed by atoms with E-state index in [4.69, 9.17) is 0 Å². The summed E-state index contributed by atoms with van der Waals surface area (Å²) in [6, 6.07) is 6.60. The first-order chi connectivity index (χ1) is 9.22. The van der Waals surface area contributed by atoms with Gasteiger partial charge in [-0.2, -0.15) is 8.78 Å². The van der Waals surface area contributed by atoms with Gasteiger partial charge in [-0.3, -0.25) is 0 Å². The van der Waals surface area contributed by atoms with Gasteiger partial charge in [-0.05, 0) is 37.1 Å². The highest BCUT2D eigenvalue weighted by Crippen LogP contribution is 2.25. The van der Waals surface area contributed by atoms with E-state index in [2.05, 4.69) is 14.3 Å². The molecule has 0 spiro atoms. The van der Waals surface area contributed by atoms with E-state index in [1.807, 2.05) is 6.20 Å². The molecule has 0 radical (unpaired) electrons. The fourth-order valence-electron chi connectivity index (χ4n) is 2.36. The lowest BCUT2D eigenvalue weighted by atomic mass is 10.2. The van der Waals surface area contributed by atoms with Gasteiger partial charge in [-0.25, -0.2) is 4.98 Å². The van der Waals surface area contributed by atoms with Gasteiger partial charge in [0.05, 0.1) is 5.69 Å². The van der Waals surface area contributed by atoms with Crippen LogP contribution in [0.3, 0.4) is 0 Å². The lowest BCUT2D eigenvalue weighted by Gasteiger charge is -2.11. The van der Waals surface area contributed by atoms with Crippen molar-refractivity contribution in [2.75, 3.05) is 0 Å². The van der Waals surface area contributed by atoms with Crippen molar-refractivity contribution >= 4 is 17.0 Å². The number of halogens is 3. The fourth-order valence-corrected chi connectivity index (χ4v) is 2.36. The molecule has 1 aliphatic heterocycles. The van der Waals surface area contributed by atoms with Crippen LogP contribution in [0.2, 0.25) is 0 Å². The highest BCUT2D eigenvalue weighted by atomic mass is 79.9. The molecular formula is C14H15BrF2N2O. The molecule has 0 saturated heterocycles. The van der Waals surface area contributed by atoms with Crippen LogP contribution >= 0.6 is 17.0 Å². The first-order valence-electron chi connectivity index (χ1n) is 6.34. The molecule has 2 aromatic rings. The SMILES string of the molecule is Br.FC(F)Oc1ccc(-c2cn3c(n2)CCCC3)cc1. The number of aromatic nitrogens is 2. The van der Waals surface area contributed by atoms with Crippen molar-refractivity contribution in [2.45, 2.75) is 32.4 Å². The summed E-state index contributed by atoms with van der Waals surface area (Å²) >= 11 is 0. The van der Waals surface area contributed by atoms with E-state index in [9.17, 15) is 8.78 Å². The summed E-state index contributed by atoms with van der Waals surface area (Å²) in [6.45, 7) is -1.78. The smallest absolute Gasteiger partial charge is 0.387 e. The van der Waals surface area contributed by atoms with E-state index in [1.165, 1.54) is 12.8 Å². The number of alkyl halides is 2. The highest BCUT2D eigenvalue weighted by molar-refractivity contribution is 8.93. The predicted molar refractivity (Wildman–Crippen MR) is 77.6 cm³/mol. The summed E-state index contributed by atoms with van der Waals surface area (Å²) in [5.41, 5.74) is 1.81. The normalized spacial score (nSPS) is 13.8. The van der Waals surface area contributed by atoms with Crippen molar-refractivity contribution in [2.24, 2.45) is 0 Å². The Kier molecular flexibility index (Phi) is 4.75. The van der Waals surface area contributed by atoms with Crippen LogP contribution in [0.15, 0.2) is 30.5 Å². The molecule has 3 rings (SSSR count). The maximum absolute atomic E-state index is 12.1. The van der Waals surface area contributed by atoms with E-state index in [1.54, 1.807) is 24.3 Å². The van der Waals surface area contributed by atoms with Gasteiger partial charge in [0.15, 0.2) is 0 Å². The van der Waals surface area contributed by atoms with Gasteiger partial charge >= 0.3 is 6.61 Å². The number of aryl methyl sites for hydroxylation is 2. The molecule has 0 bridgehead atoms. The topological polar surface area (TPSA) is 27.1 Å². The van der Waals surface area contributed by atoms with Crippen molar-refractivity contribution in [3.8, 4) is 17.0 Å². The monoisotopic (exact) mass is 344 g/mol. The summed E-state index contributed by atoms with van der Waals surface area (Å²) in [4.78, 5) is 4.59. The van der Waals surface area contributed by atoms with Crippen molar-refractivity contribution in [1.29, 1.82) is 0 Å². The molecule has 0 unspecified atom stereocenters. The Morgan fingerprint density at radius 1 is 1.15 bits per heavy atom. The molecule has 20 heavy (non-hydrogen) atoms. The van der Waals surface area contributed by atoms with Gasteiger partial charge in [0.2, 0.25) is 0 Å². The lowest BCUT2D eigenvalue weighted by molar-refractivity contribution is -0.0498. The first kappa shape index (κ1) is 15.0. The molecule has 3 nitrogen and oxygen atoms in total. The van der Waals surface area contributed by atoms with E-state index >= 15 is 0 Å². The van der Waals surface area contributed by atoms with Gasteiger partial charge in [0.25, 0.3) is 0 Å². The first-order valence-corrected chi connectivity index (χ1v) is 6.34. The second-order valence-electron chi connectivity index (χ2n) is 4.60. The Morgan fingerprint density at radius 2 is 1.90 bits per heavy atom. The van der Waals surface area contributed by atoms with E-state index in [0.29, 0.717) is 0 Å². The minimum Gasteiger partial charge on any atom is -0.435 e. The van der Waals surface area contributed by atoms with Gasteiger partial charge in [-0.1, -0.05) is 0 Å². The number of benzene rings is 1. The largest absolute Gasteiger partial charge is 0.435 e. The number of nitrogens with zero attached hydrogens (tertiary/aromatic N) is 2. The van der Waals surface area contributed by atoms with E-state index in [-0.39, 0.29) is 22.7 Å². The second-order valence-corrected chi connectivity index (χ2v) is 4.60. The summed E-state index contributed by atoms with van der Waals surface area (Å²) in [5, 5.41) is 0. The van der Waals surface area contributed by atoms with Crippen molar-refractivity contribution in [1.82, 2.24) is 9.55 Å². The Bertz CT molecular complexity index is 546.